The lowest BCUT2D eigenvalue weighted by atomic mass is 10.2. The van der Waals surface area contributed by atoms with E-state index in [1.54, 1.807) is 6.07 Å². The van der Waals surface area contributed by atoms with E-state index in [4.69, 9.17) is 0 Å². The van der Waals surface area contributed by atoms with Gasteiger partial charge in [0, 0.05) is 22.0 Å². The molecule has 0 spiro atoms. The first-order valence-electron chi connectivity index (χ1n) is 5.60. The molecular weight excluding hydrogens is 280 g/mol. The van der Waals surface area contributed by atoms with Crippen molar-refractivity contribution >= 4 is 15.9 Å². The molecule has 3 rings (SSSR count). The molecule has 1 heterocycles. The highest BCUT2D eigenvalue weighted by Gasteiger charge is 2.26. The molecule has 1 aliphatic carbocycles. The zero-order valence-electron chi connectivity index (χ0n) is 9.11. The number of aromatic amines is 1. The van der Waals surface area contributed by atoms with Gasteiger partial charge in [-0.3, -0.25) is 4.79 Å². The highest BCUT2D eigenvalue weighted by atomic mass is 79.9. The van der Waals surface area contributed by atoms with Gasteiger partial charge in [-0.15, -0.1) is 0 Å². The van der Waals surface area contributed by atoms with Crippen LogP contribution in [0.4, 0.5) is 0 Å². The van der Waals surface area contributed by atoms with Gasteiger partial charge < -0.3 is 4.98 Å². The zero-order valence-corrected chi connectivity index (χ0v) is 10.7. The molecule has 0 atom stereocenters. The molecule has 1 saturated carbocycles. The first-order valence-corrected chi connectivity index (χ1v) is 6.39. The van der Waals surface area contributed by atoms with Crippen molar-refractivity contribution in [2.24, 2.45) is 0 Å². The van der Waals surface area contributed by atoms with Crippen LogP contribution in [0, 0.1) is 0 Å². The Balaban J connectivity index is 2.14. The largest absolute Gasteiger partial charge is 0.306 e. The van der Waals surface area contributed by atoms with Crippen LogP contribution in [-0.2, 0) is 0 Å². The molecule has 1 aromatic carbocycles. The minimum Gasteiger partial charge on any atom is -0.306 e. The van der Waals surface area contributed by atoms with Gasteiger partial charge in [0.2, 0.25) is 0 Å². The Morgan fingerprint density at radius 2 is 2.06 bits per heavy atom. The molecule has 0 amide bonds. The molecule has 0 aliphatic heterocycles. The third kappa shape index (κ3) is 2.17. The number of nitrogens with zero attached hydrogens (tertiary/aromatic N) is 1. The number of rotatable bonds is 2. The van der Waals surface area contributed by atoms with Crippen molar-refractivity contribution in [1.82, 2.24) is 9.97 Å². The molecular formula is C13H11BrN2O. The highest BCUT2D eigenvalue weighted by molar-refractivity contribution is 9.10. The quantitative estimate of drug-likeness (QED) is 0.924. The van der Waals surface area contributed by atoms with Gasteiger partial charge in [-0.1, -0.05) is 34.1 Å². The van der Waals surface area contributed by atoms with E-state index in [1.807, 2.05) is 24.3 Å². The third-order valence-electron chi connectivity index (χ3n) is 2.89. The summed E-state index contributed by atoms with van der Waals surface area (Å²) in [5.74, 6) is 1.13. The molecule has 0 radical (unpaired) electrons. The molecule has 0 unspecified atom stereocenters. The summed E-state index contributed by atoms with van der Waals surface area (Å²) in [4.78, 5) is 18.9. The first kappa shape index (κ1) is 10.7. The van der Waals surface area contributed by atoms with Crippen LogP contribution >= 0.6 is 15.9 Å². The minimum absolute atomic E-state index is 0.0762. The van der Waals surface area contributed by atoms with Gasteiger partial charge in [-0.2, -0.15) is 0 Å². The van der Waals surface area contributed by atoms with E-state index in [2.05, 4.69) is 25.9 Å². The molecule has 1 N–H and O–H groups in total. The van der Waals surface area contributed by atoms with Crippen LogP contribution in [0.1, 0.15) is 24.5 Å². The van der Waals surface area contributed by atoms with Crippen LogP contribution in [0.2, 0.25) is 0 Å². The summed E-state index contributed by atoms with van der Waals surface area (Å²) in [6.07, 6.45) is 2.29. The van der Waals surface area contributed by atoms with Gasteiger partial charge in [-0.25, -0.2) is 4.98 Å². The van der Waals surface area contributed by atoms with Crippen LogP contribution in [-0.4, -0.2) is 9.97 Å². The van der Waals surface area contributed by atoms with Crippen molar-refractivity contribution in [2.45, 2.75) is 18.8 Å². The van der Waals surface area contributed by atoms with Gasteiger partial charge in [0.15, 0.2) is 0 Å². The second-order valence-electron chi connectivity index (χ2n) is 4.27. The number of hydrogen-bond donors (Lipinski definition) is 1. The Hall–Kier alpha value is -1.42. The van der Waals surface area contributed by atoms with Gasteiger partial charge in [0.25, 0.3) is 5.56 Å². The van der Waals surface area contributed by atoms with E-state index in [9.17, 15) is 4.79 Å². The Kier molecular flexibility index (Phi) is 2.59. The van der Waals surface area contributed by atoms with Crippen LogP contribution < -0.4 is 5.56 Å². The number of nitrogens with one attached hydrogen (secondary N) is 1. The molecule has 2 aromatic rings. The summed E-state index contributed by atoms with van der Waals surface area (Å²) >= 11 is 3.47. The Morgan fingerprint density at radius 3 is 2.76 bits per heavy atom. The van der Waals surface area contributed by atoms with Gasteiger partial charge in [0.05, 0.1) is 5.69 Å². The van der Waals surface area contributed by atoms with Crippen molar-refractivity contribution in [3.63, 3.8) is 0 Å². The van der Waals surface area contributed by atoms with Crippen molar-refractivity contribution in [2.75, 3.05) is 0 Å². The number of halogens is 1. The van der Waals surface area contributed by atoms with E-state index in [0.717, 1.165) is 28.6 Å². The minimum atomic E-state index is -0.0762. The van der Waals surface area contributed by atoms with E-state index in [-0.39, 0.29) is 5.56 Å². The predicted molar refractivity (Wildman–Crippen MR) is 70.0 cm³/mol. The monoisotopic (exact) mass is 290 g/mol. The average Bonchev–Trinajstić information content (AvgIpc) is 3.12. The lowest BCUT2D eigenvalue weighted by molar-refractivity contribution is 0.976. The molecule has 1 fully saturated rings. The fourth-order valence-electron chi connectivity index (χ4n) is 1.85. The predicted octanol–water partition coefficient (Wildman–Crippen LogP) is 3.08. The Bertz CT molecular complexity index is 617. The van der Waals surface area contributed by atoms with E-state index < -0.39 is 0 Å². The number of H-pyrrole nitrogens is 1. The molecule has 17 heavy (non-hydrogen) atoms. The maximum absolute atomic E-state index is 11.6. The summed E-state index contributed by atoms with van der Waals surface area (Å²) < 4.78 is 0.941. The fraction of sp³-hybridized carbons (Fsp3) is 0.231. The second kappa shape index (κ2) is 4.11. The fourth-order valence-corrected chi connectivity index (χ4v) is 2.32. The van der Waals surface area contributed by atoms with E-state index in [1.165, 1.54) is 0 Å². The van der Waals surface area contributed by atoms with Crippen molar-refractivity contribution in [3.05, 3.63) is 50.9 Å². The van der Waals surface area contributed by atoms with Gasteiger partial charge in [-0.05, 0) is 18.9 Å². The van der Waals surface area contributed by atoms with E-state index >= 15 is 0 Å². The van der Waals surface area contributed by atoms with Crippen molar-refractivity contribution < 1.29 is 0 Å². The molecule has 0 saturated heterocycles. The van der Waals surface area contributed by atoms with Gasteiger partial charge in [0.1, 0.15) is 5.82 Å². The molecule has 1 aromatic heterocycles. The standard InChI is InChI=1S/C13H11BrN2O/c14-10-4-2-1-3-9(10)13-15-11(8-5-6-8)7-12(17)16-13/h1-4,7-8H,5-6H2,(H,15,16,17). The third-order valence-corrected chi connectivity index (χ3v) is 3.58. The Labute approximate surface area is 107 Å². The Morgan fingerprint density at radius 1 is 1.29 bits per heavy atom. The first-order chi connectivity index (χ1) is 8.24. The topological polar surface area (TPSA) is 45.8 Å². The van der Waals surface area contributed by atoms with Crippen LogP contribution in [0.15, 0.2) is 39.6 Å². The summed E-state index contributed by atoms with van der Waals surface area (Å²) in [5, 5.41) is 0. The van der Waals surface area contributed by atoms with Crippen LogP contribution in [0.25, 0.3) is 11.4 Å². The molecule has 0 bridgehead atoms. The summed E-state index contributed by atoms with van der Waals surface area (Å²) in [6, 6.07) is 9.37. The molecule has 1 aliphatic rings. The smallest absolute Gasteiger partial charge is 0.251 e. The van der Waals surface area contributed by atoms with Crippen LogP contribution in [0.3, 0.4) is 0 Å². The summed E-state index contributed by atoms with van der Waals surface area (Å²) in [6.45, 7) is 0. The molecule has 3 nitrogen and oxygen atoms in total. The lowest BCUT2D eigenvalue weighted by Gasteiger charge is -2.05. The average molecular weight is 291 g/mol. The second-order valence-corrected chi connectivity index (χ2v) is 5.13. The SMILES string of the molecule is O=c1cc(C2CC2)nc(-c2ccccc2Br)[nH]1. The van der Waals surface area contributed by atoms with E-state index in [0.29, 0.717) is 11.7 Å². The maximum atomic E-state index is 11.6. The lowest BCUT2D eigenvalue weighted by Crippen LogP contribution is -2.10. The van der Waals surface area contributed by atoms with Crippen molar-refractivity contribution in [1.29, 1.82) is 0 Å². The molecule has 4 heteroatoms. The maximum Gasteiger partial charge on any atom is 0.251 e. The van der Waals surface area contributed by atoms with Crippen LogP contribution in [0.5, 0.6) is 0 Å². The van der Waals surface area contributed by atoms with Crippen molar-refractivity contribution in [3.8, 4) is 11.4 Å². The summed E-state index contributed by atoms with van der Waals surface area (Å²) in [7, 11) is 0. The number of aromatic nitrogens is 2. The molecule has 86 valence electrons. The zero-order chi connectivity index (χ0) is 11.8. The van der Waals surface area contributed by atoms with Gasteiger partial charge >= 0.3 is 0 Å². The summed E-state index contributed by atoms with van der Waals surface area (Å²) in [5.41, 5.74) is 1.76. The number of hydrogen-bond acceptors (Lipinski definition) is 2. The normalized spacial score (nSPS) is 14.9. The highest BCUT2D eigenvalue weighted by Crippen LogP contribution is 2.39. The number of benzene rings is 1.